The van der Waals surface area contributed by atoms with Crippen LogP contribution in [-0.2, 0) is 0 Å². The Kier molecular flexibility index (Phi) is 4.73. The molecule has 0 aliphatic heterocycles. The van der Waals surface area contributed by atoms with Crippen molar-refractivity contribution >= 4 is 0 Å². The summed E-state index contributed by atoms with van der Waals surface area (Å²) in [5, 5.41) is 0. The Labute approximate surface area is 102 Å². The fourth-order valence-corrected chi connectivity index (χ4v) is 4.20. The minimum absolute atomic E-state index is 1.07. The summed E-state index contributed by atoms with van der Waals surface area (Å²) in [6.07, 6.45) is 15.2. The van der Waals surface area contributed by atoms with Crippen LogP contribution in [0.25, 0.3) is 0 Å². The van der Waals surface area contributed by atoms with Gasteiger partial charge in [-0.1, -0.05) is 58.8 Å². The molecular formula is C16H30. The molecule has 0 bridgehead atoms. The van der Waals surface area contributed by atoms with Crippen LogP contribution >= 0.6 is 0 Å². The monoisotopic (exact) mass is 222 g/mol. The summed E-state index contributed by atoms with van der Waals surface area (Å²) in [5.41, 5.74) is 0. The second-order valence-corrected chi connectivity index (χ2v) is 6.39. The number of hydrogen-bond acceptors (Lipinski definition) is 0. The van der Waals surface area contributed by atoms with E-state index in [9.17, 15) is 0 Å². The van der Waals surface area contributed by atoms with E-state index in [1.807, 2.05) is 0 Å². The van der Waals surface area contributed by atoms with E-state index < -0.39 is 0 Å². The van der Waals surface area contributed by atoms with E-state index in [0.717, 1.165) is 23.7 Å². The molecule has 0 radical (unpaired) electrons. The summed E-state index contributed by atoms with van der Waals surface area (Å²) in [7, 11) is 0. The lowest BCUT2D eigenvalue weighted by atomic mass is 9.68. The normalized spacial score (nSPS) is 40.9. The molecule has 0 nitrogen and oxygen atoms in total. The summed E-state index contributed by atoms with van der Waals surface area (Å²) >= 11 is 0. The van der Waals surface area contributed by atoms with Crippen LogP contribution in [0.5, 0.6) is 0 Å². The van der Waals surface area contributed by atoms with Crippen LogP contribution in [0.2, 0.25) is 0 Å². The summed E-state index contributed by atoms with van der Waals surface area (Å²) in [4.78, 5) is 0. The van der Waals surface area contributed by atoms with Gasteiger partial charge in [-0.15, -0.1) is 0 Å². The molecule has 0 heterocycles. The summed E-state index contributed by atoms with van der Waals surface area (Å²) in [6, 6.07) is 0. The highest BCUT2D eigenvalue weighted by molar-refractivity contribution is 4.81. The summed E-state index contributed by atoms with van der Waals surface area (Å²) < 4.78 is 0. The first kappa shape index (κ1) is 12.5. The molecule has 0 amide bonds. The highest BCUT2D eigenvalue weighted by atomic mass is 14.4. The Morgan fingerprint density at radius 2 is 1.38 bits per heavy atom. The minimum Gasteiger partial charge on any atom is -0.0651 e. The SMILES string of the molecule is CCC1CCC(C2CCCC(CC)C2)CC1. The lowest BCUT2D eigenvalue weighted by molar-refractivity contribution is 0.137. The Bertz CT molecular complexity index is 188. The molecule has 94 valence electrons. The van der Waals surface area contributed by atoms with Gasteiger partial charge >= 0.3 is 0 Å². The average molecular weight is 222 g/mol. The standard InChI is InChI=1S/C16H30/c1-3-13-8-10-15(11-9-13)16-7-5-6-14(4-2)12-16/h13-16H,3-12H2,1-2H3. The van der Waals surface area contributed by atoms with Crippen molar-refractivity contribution in [3.05, 3.63) is 0 Å². The third-order valence-electron chi connectivity index (χ3n) is 5.54. The topological polar surface area (TPSA) is 0 Å². The Balaban J connectivity index is 1.79. The first-order valence-corrected chi connectivity index (χ1v) is 7.83. The van der Waals surface area contributed by atoms with E-state index >= 15 is 0 Å². The summed E-state index contributed by atoms with van der Waals surface area (Å²) in [6.45, 7) is 4.76. The lowest BCUT2D eigenvalue weighted by Crippen LogP contribution is -2.26. The van der Waals surface area contributed by atoms with Crippen molar-refractivity contribution < 1.29 is 0 Å². The highest BCUT2D eigenvalue weighted by Crippen LogP contribution is 2.42. The smallest absolute Gasteiger partial charge is 0.0383 e. The third kappa shape index (κ3) is 3.02. The van der Waals surface area contributed by atoms with Gasteiger partial charge in [0.05, 0.1) is 0 Å². The number of hydrogen-bond donors (Lipinski definition) is 0. The molecule has 2 fully saturated rings. The largest absolute Gasteiger partial charge is 0.0651 e. The van der Waals surface area contributed by atoms with Gasteiger partial charge in [0.1, 0.15) is 0 Å². The van der Waals surface area contributed by atoms with Gasteiger partial charge in [0.15, 0.2) is 0 Å². The molecule has 2 rings (SSSR count). The molecule has 2 atom stereocenters. The van der Waals surface area contributed by atoms with Gasteiger partial charge in [-0.2, -0.15) is 0 Å². The molecule has 0 saturated heterocycles. The molecule has 2 unspecified atom stereocenters. The van der Waals surface area contributed by atoms with Crippen molar-refractivity contribution in [3.63, 3.8) is 0 Å². The summed E-state index contributed by atoms with van der Waals surface area (Å²) in [5.74, 6) is 4.36. The van der Waals surface area contributed by atoms with Gasteiger partial charge in [0, 0.05) is 0 Å². The average Bonchev–Trinajstić information content (AvgIpc) is 2.39. The third-order valence-corrected chi connectivity index (χ3v) is 5.54. The van der Waals surface area contributed by atoms with Gasteiger partial charge in [0.25, 0.3) is 0 Å². The van der Waals surface area contributed by atoms with Crippen molar-refractivity contribution in [1.29, 1.82) is 0 Å². The maximum atomic E-state index is 2.39. The zero-order valence-corrected chi connectivity index (χ0v) is 11.4. The van der Waals surface area contributed by atoms with Crippen molar-refractivity contribution in [3.8, 4) is 0 Å². The Morgan fingerprint density at radius 1 is 0.688 bits per heavy atom. The molecule has 16 heavy (non-hydrogen) atoms. The van der Waals surface area contributed by atoms with E-state index in [2.05, 4.69) is 13.8 Å². The Hall–Kier alpha value is 0. The molecule has 0 N–H and O–H groups in total. The molecule has 0 aromatic heterocycles. The Morgan fingerprint density at radius 3 is 2.00 bits per heavy atom. The predicted octanol–water partition coefficient (Wildman–Crippen LogP) is 5.42. The van der Waals surface area contributed by atoms with Gasteiger partial charge in [-0.25, -0.2) is 0 Å². The zero-order valence-electron chi connectivity index (χ0n) is 11.4. The second-order valence-electron chi connectivity index (χ2n) is 6.39. The fraction of sp³-hybridized carbons (Fsp3) is 1.00. The molecule has 2 aliphatic carbocycles. The van der Waals surface area contributed by atoms with E-state index in [1.54, 1.807) is 25.7 Å². The van der Waals surface area contributed by atoms with Gasteiger partial charge < -0.3 is 0 Å². The van der Waals surface area contributed by atoms with E-state index in [-0.39, 0.29) is 0 Å². The molecule has 0 aromatic carbocycles. The first-order valence-electron chi connectivity index (χ1n) is 7.83. The van der Waals surface area contributed by atoms with Crippen molar-refractivity contribution in [2.24, 2.45) is 23.7 Å². The van der Waals surface area contributed by atoms with Crippen LogP contribution in [0.3, 0.4) is 0 Å². The van der Waals surface area contributed by atoms with Crippen LogP contribution in [0, 0.1) is 23.7 Å². The maximum Gasteiger partial charge on any atom is -0.0383 e. The molecule has 2 saturated carbocycles. The molecule has 2 aliphatic rings. The van der Waals surface area contributed by atoms with Crippen LogP contribution in [0.1, 0.15) is 78.1 Å². The van der Waals surface area contributed by atoms with Crippen molar-refractivity contribution in [2.45, 2.75) is 78.1 Å². The van der Waals surface area contributed by atoms with E-state index in [0.29, 0.717) is 0 Å². The minimum atomic E-state index is 1.07. The second kappa shape index (κ2) is 6.07. The van der Waals surface area contributed by atoms with E-state index in [1.165, 1.54) is 38.5 Å². The van der Waals surface area contributed by atoms with Gasteiger partial charge in [0.2, 0.25) is 0 Å². The molecule has 0 aromatic rings. The molecule has 0 heteroatoms. The van der Waals surface area contributed by atoms with Gasteiger partial charge in [-0.05, 0) is 42.9 Å². The highest BCUT2D eigenvalue weighted by Gasteiger charge is 2.30. The maximum absolute atomic E-state index is 2.39. The van der Waals surface area contributed by atoms with Crippen LogP contribution in [-0.4, -0.2) is 0 Å². The van der Waals surface area contributed by atoms with Crippen LogP contribution < -0.4 is 0 Å². The molecule has 0 spiro atoms. The zero-order chi connectivity index (χ0) is 11.4. The van der Waals surface area contributed by atoms with Crippen LogP contribution in [0.15, 0.2) is 0 Å². The van der Waals surface area contributed by atoms with Crippen molar-refractivity contribution in [1.82, 2.24) is 0 Å². The fourth-order valence-electron chi connectivity index (χ4n) is 4.20. The lowest BCUT2D eigenvalue weighted by Gasteiger charge is -2.38. The predicted molar refractivity (Wildman–Crippen MR) is 71.5 cm³/mol. The number of rotatable bonds is 3. The van der Waals surface area contributed by atoms with Gasteiger partial charge in [-0.3, -0.25) is 0 Å². The van der Waals surface area contributed by atoms with E-state index in [4.69, 9.17) is 0 Å². The van der Waals surface area contributed by atoms with Crippen molar-refractivity contribution in [2.75, 3.05) is 0 Å². The molecular weight excluding hydrogens is 192 g/mol. The first-order chi connectivity index (χ1) is 7.83. The van der Waals surface area contributed by atoms with Crippen LogP contribution in [0.4, 0.5) is 0 Å². The quantitative estimate of drug-likeness (QED) is 0.598.